The fourth-order valence-electron chi connectivity index (χ4n) is 1.84. The van der Waals surface area contributed by atoms with Crippen molar-refractivity contribution in [1.82, 2.24) is 4.90 Å². The van der Waals surface area contributed by atoms with Crippen LogP contribution in [0, 0.1) is 0 Å². The van der Waals surface area contributed by atoms with Gasteiger partial charge in [-0.1, -0.05) is 12.1 Å². The first-order chi connectivity index (χ1) is 8.59. The Hall–Kier alpha value is -1.36. The highest BCUT2D eigenvalue weighted by Gasteiger charge is 2.33. The molecule has 0 atom stereocenters. The highest BCUT2D eigenvalue weighted by Crippen LogP contribution is 2.29. The molecule has 0 spiro atoms. The zero-order valence-electron chi connectivity index (χ0n) is 9.80. The Morgan fingerprint density at radius 2 is 2.00 bits per heavy atom. The molecule has 0 radical (unpaired) electrons. The second-order valence-corrected chi connectivity index (χ2v) is 5.21. The summed E-state index contributed by atoms with van der Waals surface area (Å²) in [5, 5.41) is 8.72. The van der Waals surface area contributed by atoms with Crippen molar-refractivity contribution in [3.8, 4) is 0 Å². The molecule has 1 N–H and O–H groups in total. The van der Waals surface area contributed by atoms with Gasteiger partial charge in [0.25, 0.3) is 5.91 Å². The monoisotopic (exact) mass is 311 g/mol. The quantitative estimate of drug-likeness (QED) is 0.909. The Labute approximate surface area is 114 Å². The summed E-state index contributed by atoms with van der Waals surface area (Å²) < 4.78 is 0.746. The highest BCUT2D eigenvalue weighted by molar-refractivity contribution is 9.10. The Morgan fingerprint density at radius 1 is 1.33 bits per heavy atom. The number of benzene rings is 1. The lowest BCUT2D eigenvalue weighted by Gasteiger charge is -2.22. The van der Waals surface area contributed by atoms with Crippen LogP contribution in [0.1, 0.15) is 29.6 Å². The molecule has 1 aromatic rings. The molecule has 96 valence electrons. The fraction of sp³-hybridized carbons (Fsp3) is 0.385. The molecule has 4 nitrogen and oxygen atoms in total. The first-order valence-corrected chi connectivity index (χ1v) is 6.66. The Morgan fingerprint density at radius 3 is 2.56 bits per heavy atom. The molecule has 0 bridgehead atoms. The number of halogens is 1. The largest absolute Gasteiger partial charge is 0.481 e. The van der Waals surface area contributed by atoms with E-state index >= 15 is 0 Å². The van der Waals surface area contributed by atoms with Crippen LogP contribution >= 0.6 is 15.9 Å². The third-order valence-electron chi connectivity index (χ3n) is 2.92. The van der Waals surface area contributed by atoms with Crippen molar-refractivity contribution < 1.29 is 14.7 Å². The molecular formula is C13H14BrNO3. The van der Waals surface area contributed by atoms with Gasteiger partial charge >= 0.3 is 5.97 Å². The van der Waals surface area contributed by atoms with E-state index in [0.717, 1.165) is 17.3 Å². The second kappa shape index (κ2) is 5.52. The van der Waals surface area contributed by atoms with Gasteiger partial charge in [0.15, 0.2) is 0 Å². The molecule has 0 aromatic heterocycles. The topological polar surface area (TPSA) is 57.6 Å². The van der Waals surface area contributed by atoms with Crippen molar-refractivity contribution in [2.45, 2.75) is 25.3 Å². The third kappa shape index (κ3) is 3.10. The van der Waals surface area contributed by atoms with Crippen molar-refractivity contribution in [2.24, 2.45) is 0 Å². The van der Waals surface area contributed by atoms with E-state index < -0.39 is 5.97 Å². The van der Waals surface area contributed by atoms with Crippen LogP contribution in [0.25, 0.3) is 0 Å². The normalized spacial score (nSPS) is 14.3. The fourth-order valence-corrected chi connectivity index (χ4v) is 2.30. The van der Waals surface area contributed by atoms with Crippen LogP contribution in [0.15, 0.2) is 28.7 Å². The minimum absolute atomic E-state index is 0.00725. The van der Waals surface area contributed by atoms with Gasteiger partial charge in [-0.25, -0.2) is 0 Å². The number of hydrogen-bond acceptors (Lipinski definition) is 2. The van der Waals surface area contributed by atoms with E-state index in [1.54, 1.807) is 17.0 Å². The van der Waals surface area contributed by atoms with Gasteiger partial charge in [0.05, 0.1) is 12.0 Å². The smallest absolute Gasteiger partial charge is 0.305 e. The number of rotatable bonds is 5. The van der Waals surface area contributed by atoms with Crippen molar-refractivity contribution in [1.29, 1.82) is 0 Å². The lowest BCUT2D eigenvalue weighted by molar-refractivity contribution is -0.137. The van der Waals surface area contributed by atoms with Crippen LogP contribution in [0.2, 0.25) is 0 Å². The molecule has 18 heavy (non-hydrogen) atoms. The molecule has 0 heterocycles. The lowest BCUT2D eigenvalue weighted by Crippen LogP contribution is -2.35. The maximum atomic E-state index is 12.4. The van der Waals surface area contributed by atoms with E-state index in [1.165, 1.54) is 0 Å². The van der Waals surface area contributed by atoms with Crippen LogP contribution in [0.5, 0.6) is 0 Å². The maximum Gasteiger partial charge on any atom is 0.305 e. The molecule has 1 amide bonds. The zero-order valence-corrected chi connectivity index (χ0v) is 11.4. The molecule has 1 aliphatic rings. The van der Waals surface area contributed by atoms with Gasteiger partial charge in [0.2, 0.25) is 0 Å². The van der Waals surface area contributed by atoms with Gasteiger partial charge < -0.3 is 10.0 Å². The number of carboxylic acid groups (broad SMARTS) is 1. The summed E-state index contributed by atoms with van der Waals surface area (Å²) in [5.41, 5.74) is 0.592. The molecule has 1 aliphatic carbocycles. The lowest BCUT2D eigenvalue weighted by atomic mass is 10.2. The van der Waals surface area contributed by atoms with Gasteiger partial charge in [-0.3, -0.25) is 9.59 Å². The van der Waals surface area contributed by atoms with E-state index in [1.807, 2.05) is 12.1 Å². The van der Waals surface area contributed by atoms with Crippen LogP contribution in [0.3, 0.4) is 0 Å². The van der Waals surface area contributed by atoms with E-state index in [0.29, 0.717) is 5.56 Å². The maximum absolute atomic E-state index is 12.4. The third-order valence-corrected chi connectivity index (χ3v) is 3.61. The van der Waals surface area contributed by atoms with Gasteiger partial charge in [-0.15, -0.1) is 0 Å². The minimum atomic E-state index is -0.874. The van der Waals surface area contributed by atoms with E-state index in [4.69, 9.17) is 5.11 Å². The highest BCUT2D eigenvalue weighted by atomic mass is 79.9. The molecular weight excluding hydrogens is 298 g/mol. The van der Waals surface area contributed by atoms with Crippen LogP contribution in [0.4, 0.5) is 0 Å². The van der Waals surface area contributed by atoms with E-state index in [-0.39, 0.29) is 24.9 Å². The summed E-state index contributed by atoms with van der Waals surface area (Å²) in [4.78, 5) is 24.7. The molecule has 1 aromatic carbocycles. The summed E-state index contributed by atoms with van der Waals surface area (Å²) in [7, 11) is 0. The van der Waals surface area contributed by atoms with E-state index in [2.05, 4.69) is 15.9 Å². The van der Waals surface area contributed by atoms with Crippen molar-refractivity contribution in [2.75, 3.05) is 6.54 Å². The number of carbonyl (C=O) groups excluding carboxylic acids is 1. The summed E-state index contributed by atoms with van der Waals surface area (Å²) in [6, 6.07) is 7.43. The first kappa shape index (κ1) is 13.1. The van der Waals surface area contributed by atoms with Crippen LogP contribution in [-0.2, 0) is 4.79 Å². The Balaban J connectivity index is 2.13. The average Bonchev–Trinajstić information content (AvgIpc) is 3.13. The molecule has 1 fully saturated rings. The summed E-state index contributed by atoms with van der Waals surface area (Å²) in [6.45, 7) is 0.278. The molecule has 2 rings (SSSR count). The number of carboxylic acids is 1. The van der Waals surface area contributed by atoms with Crippen molar-refractivity contribution in [3.63, 3.8) is 0 Å². The number of amides is 1. The Kier molecular flexibility index (Phi) is 4.01. The first-order valence-electron chi connectivity index (χ1n) is 5.87. The molecule has 0 unspecified atom stereocenters. The molecule has 0 saturated heterocycles. The summed E-state index contributed by atoms with van der Waals surface area (Å²) >= 11 is 3.35. The molecule has 0 aliphatic heterocycles. The van der Waals surface area contributed by atoms with E-state index in [9.17, 15) is 9.59 Å². The van der Waals surface area contributed by atoms with Crippen molar-refractivity contribution in [3.05, 3.63) is 34.3 Å². The standard InChI is InChI=1S/C13H14BrNO3/c14-11-4-2-1-3-10(11)13(18)15(9-5-6-9)8-7-12(16)17/h1-4,9H,5-8H2,(H,16,17). The Bertz CT molecular complexity index is 471. The number of aliphatic carboxylic acids is 1. The molecule has 5 heteroatoms. The summed E-state index contributed by atoms with van der Waals surface area (Å²) in [5.74, 6) is -0.966. The van der Waals surface area contributed by atoms with Gasteiger partial charge in [-0.05, 0) is 40.9 Å². The summed E-state index contributed by atoms with van der Waals surface area (Å²) in [6.07, 6.45) is 1.93. The van der Waals surface area contributed by atoms with Crippen LogP contribution < -0.4 is 0 Å². The number of hydrogen-bond donors (Lipinski definition) is 1. The predicted molar refractivity (Wildman–Crippen MR) is 70.5 cm³/mol. The van der Waals surface area contributed by atoms with Gasteiger partial charge in [0, 0.05) is 17.1 Å². The second-order valence-electron chi connectivity index (χ2n) is 4.35. The van der Waals surface area contributed by atoms with Gasteiger partial charge in [-0.2, -0.15) is 0 Å². The predicted octanol–water partition coefficient (Wildman–Crippen LogP) is 2.53. The SMILES string of the molecule is O=C(O)CCN(C(=O)c1ccccc1Br)C1CC1. The number of carbonyl (C=O) groups is 2. The van der Waals surface area contributed by atoms with Crippen LogP contribution in [-0.4, -0.2) is 34.5 Å². The minimum Gasteiger partial charge on any atom is -0.481 e. The number of nitrogens with zero attached hydrogens (tertiary/aromatic N) is 1. The van der Waals surface area contributed by atoms with Crippen molar-refractivity contribution >= 4 is 27.8 Å². The average molecular weight is 312 g/mol. The molecule has 1 saturated carbocycles. The van der Waals surface area contributed by atoms with Gasteiger partial charge in [0.1, 0.15) is 0 Å². The zero-order chi connectivity index (χ0) is 13.1.